The summed E-state index contributed by atoms with van der Waals surface area (Å²) in [5, 5.41) is 0. The van der Waals surface area contributed by atoms with Crippen molar-refractivity contribution in [3.8, 4) is 5.75 Å². The fourth-order valence-electron chi connectivity index (χ4n) is 3.47. The van der Waals surface area contributed by atoms with Crippen LogP contribution >= 0.6 is 15.9 Å². The number of likely N-dealkylation sites (tertiary alicyclic amines) is 1. The van der Waals surface area contributed by atoms with E-state index < -0.39 is 0 Å². The first kappa shape index (κ1) is 11.7. The molecule has 1 saturated carbocycles. The molecule has 2 aliphatic heterocycles. The van der Waals surface area contributed by atoms with Crippen LogP contribution in [0, 0.1) is 5.92 Å². The summed E-state index contributed by atoms with van der Waals surface area (Å²) in [5.74, 6) is 1.35. The van der Waals surface area contributed by atoms with Crippen molar-refractivity contribution < 1.29 is 14.3 Å². The minimum Gasteiger partial charge on any atom is -0.496 e. The monoisotopic (exact) mass is 323 g/mol. The van der Waals surface area contributed by atoms with Gasteiger partial charge in [0.2, 0.25) is 0 Å². The number of rotatable bonds is 2. The summed E-state index contributed by atoms with van der Waals surface area (Å²) < 4.78 is 11.8. The van der Waals surface area contributed by atoms with Crippen LogP contribution in [0.2, 0.25) is 0 Å². The van der Waals surface area contributed by atoms with E-state index >= 15 is 0 Å². The minimum absolute atomic E-state index is 0.0391. The van der Waals surface area contributed by atoms with E-state index in [0.717, 1.165) is 24.0 Å². The third-order valence-corrected chi connectivity index (χ3v) is 5.33. The second-order valence-corrected chi connectivity index (χ2v) is 6.33. The van der Waals surface area contributed by atoms with Gasteiger partial charge in [-0.25, -0.2) is 0 Å². The molecule has 3 aliphatic rings. The Bertz CT molecular complexity index is 576. The van der Waals surface area contributed by atoms with Crippen LogP contribution in [-0.2, 0) is 4.74 Å². The van der Waals surface area contributed by atoms with Gasteiger partial charge in [-0.1, -0.05) is 0 Å². The van der Waals surface area contributed by atoms with E-state index in [1.807, 2.05) is 17.0 Å². The minimum atomic E-state index is 0.0391. The summed E-state index contributed by atoms with van der Waals surface area (Å²) in [6.45, 7) is 1.55. The molecule has 1 amide bonds. The van der Waals surface area contributed by atoms with Crippen molar-refractivity contribution in [2.24, 2.45) is 5.92 Å². The van der Waals surface area contributed by atoms with Crippen molar-refractivity contribution in [2.75, 3.05) is 20.3 Å². The average Bonchev–Trinajstić information content (AvgIpc) is 3.09. The lowest BCUT2D eigenvalue weighted by molar-refractivity contribution is -0.0596. The quantitative estimate of drug-likeness (QED) is 0.836. The molecule has 4 rings (SSSR count). The van der Waals surface area contributed by atoms with Gasteiger partial charge in [0.1, 0.15) is 5.75 Å². The van der Waals surface area contributed by atoms with Gasteiger partial charge in [-0.15, -0.1) is 0 Å². The maximum atomic E-state index is 12.6. The lowest BCUT2D eigenvalue weighted by Gasteiger charge is -2.46. The van der Waals surface area contributed by atoms with Crippen LogP contribution in [-0.4, -0.2) is 42.7 Å². The summed E-state index contributed by atoms with van der Waals surface area (Å²) >= 11 is 3.40. The molecule has 2 saturated heterocycles. The predicted octanol–water partition coefficient (Wildman–Crippen LogP) is 2.07. The molecule has 19 heavy (non-hydrogen) atoms. The van der Waals surface area contributed by atoms with E-state index in [0.29, 0.717) is 17.2 Å². The van der Waals surface area contributed by atoms with Gasteiger partial charge >= 0.3 is 0 Å². The summed E-state index contributed by atoms with van der Waals surface area (Å²) in [5.41, 5.74) is 0.725. The SMILES string of the molecule is COc1cc(C(=O)N2CC3OCC4CC432)ccc1Br. The normalized spacial score (nSPS) is 34.3. The molecule has 1 spiro atoms. The molecule has 0 radical (unpaired) electrons. The molecular weight excluding hydrogens is 310 g/mol. The fraction of sp³-hybridized carbons (Fsp3) is 0.500. The Morgan fingerprint density at radius 3 is 3.11 bits per heavy atom. The smallest absolute Gasteiger partial charge is 0.254 e. The van der Waals surface area contributed by atoms with Crippen molar-refractivity contribution in [1.29, 1.82) is 0 Å². The Kier molecular flexibility index (Phi) is 2.30. The molecule has 1 aliphatic carbocycles. The molecule has 3 fully saturated rings. The Hall–Kier alpha value is -1.07. The van der Waals surface area contributed by atoms with E-state index in [1.54, 1.807) is 13.2 Å². The van der Waals surface area contributed by atoms with Gasteiger partial charge in [0.05, 0.1) is 36.4 Å². The Balaban J connectivity index is 1.62. The third-order valence-electron chi connectivity index (χ3n) is 4.67. The van der Waals surface area contributed by atoms with Crippen molar-refractivity contribution in [1.82, 2.24) is 4.90 Å². The van der Waals surface area contributed by atoms with E-state index in [4.69, 9.17) is 9.47 Å². The van der Waals surface area contributed by atoms with Crippen LogP contribution < -0.4 is 4.74 Å². The number of methoxy groups -OCH3 is 1. The van der Waals surface area contributed by atoms with E-state index in [-0.39, 0.29) is 17.6 Å². The highest BCUT2D eigenvalue weighted by Crippen LogP contribution is 2.62. The molecule has 0 aromatic heterocycles. The first-order valence-electron chi connectivity index (χ1n) is 6.44. The molecular formula is C14H14BrNO3. The third kappa shape index (κ3) is 1.40. The molecule has 3 unspecified atom stereocenters. The van der Waals surface area contributed by atoms with Crippen molar-refractivity contribution in [2.45, 2.75) is 18.1 Å². The van der Waals surface area contributed by atoms with Crippen LogP contribution in [0.3, 0.4) is 0 Å². The molecule has 2 heterocycles. The predicted molar refractivity (Wildman–Crippen MR) is 72.3 cm³/mol. The average molecular weight is 324 g/mol. The second-order valence-electron chi connectivity index (χ2n) is 5.48. The largest absolute Gasteiger partial charge is 0.496 e. The zero-order valence-corrected chi connectivity index (χ0v) is 12.1. The zero-order valence-electron chi connectivity index (χ0n) is 10.6. The molecule has 0 bridgehead atoms. The zero-order chi connectivity index (χ0) is 13.2. The Morgan fingerprint density at radius 2 is 2.42 bits per heavy atom. The molecule has 100 valence electrons. The van der Waals surface area contributed by atoms with Gasteiger partial charge in [0, 0.05) is 11.5 Å². The van der Waals surface area contributed by atoms with E-state index in [9.17, 15) is 4.79 Å². The van der Waals surface area contributed by atoms with Crippen LogP contribution in [0.4, 0.5) is 0 Å². The molecule has 1 aromatic rings. The van der Waals surface area contributed by atoms with Crippen molar-refractivity contribution in [3.63, 3.8) is 0 Å². The summed E-state index contributed by atoms with van der Waals surface area (Å²) in [7, 11) is 1.61. The first-order chi connectivity index (χ1) is 9.16. The topological polar surface area (TPSA) is 38.8 Å². The molecule has 1 aromatic carbocycles. The summed E-state index contributed by atoms with van der Waals surface area (Å²) in [6, 6.07) is 5.49. The second kappa shape index (κ2) is 3.73. The highest BCUT2D eigenvalue weighted by Gasteiger charge is 2.74. The standard InChI is InChI=1S/C14H14BrNO3/c1-18-11-4-8(2-3-10(11)15)13(17)16-6-12-14(16)5-9(14)7-19-12/h2-4,9,12H,5-7H2,1H3. The maximum Gasteiger partial charge on any atom is 0.254 e. The highest BCUT2D eigenvalue weighted by atomic mass is 79.9. The van der Waals surface area contributed by atoms with E-state index in [1.165, 1.54) is 0 Å². The number of carbonyl (C=O) groups is 1. The van der Waals surface area contributed by atoms with Crippen LogP contribution in [0.15, 0.2) is 22.7 Å². The van der Waals surface area contributed by atoms with Gasteiger partial charge in [-0.2, -0.15) is 0 Å². The Morgan fingerprint density at radius 1 is 1.58 bits per heavy atom. The Labute approximate surface area is 119 Å². The number of halogens is 1. The van der Waals surface area contributed by atoms with Crippen LogP contribution in [0.1, 0.15) is 16.8 Å². The number of hydrogen-bond donors (Lipinski definition) is 0. The lowest BCUT2D eigenvalue weighted by atomic mass is 9.94. The number of benzene rings is 1. The fourth-order valence-corrected chi connectivity index (χ4v) is 3.88. The van der Waals surface area contributed by atoms with Gasteiger partial charge in [0.25, 0.3) is 5.91 Å². The van der Waals surface area contributed by atoms with Crippen molar-refractivity contribution in [3.05, 3.63) is 28.2 Å². The molecule has 0 N–H and O–H groups in total. The van der Waals surface area contributed by atoms with Crippen molar-refractivity contribution >= 4 is 21.8 Å². The summed E-state index contributed by atoms with van der Waals surface area (Å²) in [6.07, 6.45) is 1.38. The molecule has 5 heteroatoms. The molecule has 3 atom stereocenters. The lowest BCUT2D eigenvalue weighted by Crippen LogP contribution is -2.64. The number of carbonyl (C=O) groups excluding carboxylic acids is 1. The summed E-state index contributed by atoms with van der Waals surface area (Å²) in [4.78, 5) is 14.6. The van der Waals surface area contributed by atoms with Gasteiger partial charge in [-0.3, -0.25) is 4.79 Å². The number of ether oxygens (including phenoxy) is 2. The highest BCUT2D eigenvalue weighted by molar-refractivity contribution is 9.10. The number of hydrogen-bond acceptors (Lipinski definition) is 3. The van der Waals surface area contributed by atoms with Crippen LogP contribution in [0.25, 0.3) is 0 Å². The van der Waals surface area contributed by atoms with E-state index in [2.05, 4.69) is 15.9 Å². The first-order valence-corrected chi connectivity index (χ1v) is 7.23. The number of nitrogens with zero attached hydrogens (tertiary/aromatic N) is 1. The van der Waals surface area contributed by atoms with Gasteiger partial charge < -0.3 is 14.4 Å². The van der Waals surface area contributed by atoms with Crippen LogP contribution in [0.5, 0.6) is 5.75 Å². The number of amides is 1. The van der Waals surface area contributed by atoms with Gasteiger partial charge in [0.15, 0.2) is 0 Å². The van der Waals surface area contributed by atoms with Gasteiger partial charge in [-0.05, 0) is 40.5 Å². The maximum absolute atomic E-state index is 12.6. The molecule has 4 nitrogen and oxygen atoms in total.